The van der Waals surface area contributed by atoms with Crippen LogP contribution in [0.2, 0.25) is 0 Å². The SMILES string of the molecule is O=C([O-])CCNS(=O)(=O)c1ccc(F)cc1.[Na+]. The molecule has 88 valence electrons. The van der Waals surface area contributed by atoms with Crippen LogP contribution in [0.15, 0.2) is 29.2 Å². The Morgan fingerprint density at radius 1 is 1.29 bits per heavy atom. The molecule has 1 rings (SSSR count). The molecule has 0 aliphatic carbocycles. The standard InChI is InChI=1S/C9H10FNO4S.Na/c10-7-1-3-8(4-2-7)16(14,15)11-6-5-9(12)13;/h1-4,11H,5-6H2,(H,12,13);/q;+1/p-1. The first-order valence-corrected chi connectivity index (χ1v) is 5.85. The van der Waals surface area contributed by atoms with Gasteiger partial charge in [-0.15, -0.1) is 0 Å². The molecule has 8 heteroatoms. The second-order valence-electron chi connectivity index (χ2n) is 2.97. The van der Waals surface area contributed by atoms with E-state index in [0.29, 0.717) is 0 Å². The molecule has 0 unspecified atom stereocenters. The Bertz CT molecular complexity index is 474. The Kier molecular flexibility index (Phi) is 6.88. The molecule has 0 bridgehead atoms. The number of hydrogen-bond acceptors (Lipinski definition) is 4. The summed E-state index contributed by atoms with van der Waals surface area (Å²) in [5.41, 5.74) is 0. The van der Waals surface area contributed by atoms with Crippen LogP contribution in [-0.2, 0) is 14.8 Å². The fourth-order valence-electron chi connectivity index (χ4n) is 0.985. The van der Waals surface area contributed by atoms with Crippen molar-refractivity contribution in [1.82, 2.24) is 4.72 Å². The number of halogens is 1. The Balaban J connectivity index is 0.00000256. The fourth-order valence-corrected chi connectivity index (χ4v) is 2.02. The van der Waals surface area contributed by atoms with Gasteiger partial charge in [0.05, 0.1) is 4.90 Å². The van der Waals surface area contributed by atoms with E-state index in [4.69, 9.17) is 0 Å². The molecule has 0 saturated heterocycles. The summed E-state index contributed by atoms with van der Waals surface area (Å²) in [5.74, 6) is -1.89. The summed E-state index contributed by atoms with van der Waals surface area (Å²) in [6.07, 6.45) is -0.416. The van der Waals surface area contributed by atoms with E-state index in [1.165, 1.54) is 0 Å². The number of rotatable bonds is 5. The second kappa shape index (κ2) is 7.07. The minimum atomic E-state index is -3.78. The number of sulfonamides is 1. The molecule has 0 saturated carbocycles. The van der Waals surface area contributed by atoms with E-state index < -0.39 is 28.2 Å². The molecule has 0 amide bonds. The molecule has 17 heavy (non-hydrogen) atoms. The van der Waals surface area contributed by atoms with Crippen molar-refractivity contribution < 1.29 is 52.3 Å². The maximum Gasteiger partial charge on any atom is 1.00 e. The van der Waals surface area contributed by atoms with Crippen LogP contribution in [0.3, 0.4) is 0 Å². The van der Waals surface area contributed by atoms with Crippen LogP contribution in [-0.4, -0.2) is 20.9 Å². The third kappa shape index (κ3) is 5.60. The van der Waals surface area contributed by atoms with Gasteiger partial charge in [-0.05, 0) is 24.3 Å². The average Bonchev–Trinajstić information content (AvgIpc) is 2.17. The van der Waals surface area contributed by atoms with Gasteiger partial charge in [0.15, 0.2) is 0 Å². The normalized spacial score (nSPS) is 10.6. The van der Waals surface area contributed by atoms with Gasteiger partial charge in [-0.25, -0.2) is 17.5 Å². The van der Waals surface area contributed by atoms with Gasteiger partial charge in [0.25, 0.3) is 0 Å². The monoisotopic (exact) mass is 269 g/mol. The van der Waals surface area contributed by atoms with Gasteiger partial charge in [0.2, 0.25) is 10.0 Å². The zero-order valence-electron chi connectivity index (χ0n) is 9.14. The van der Waals surface area contributed by atoms with Crippen LogP contribution in [0, 0.1) is 5.82 Å². The zero-order valence-corrected chi connectivity index (χ0v) is 12.0. The van der Waals surface area contributed by atoms with Crippen molar-refractivity contribution in [2.75, 3.05) is 6.54 Å². The van der Waals surface area contributed by atoms with Crippen molar-refractivity contribution in [3.8, 4) is 0 Å². The van der Waals surface area contributed by atoms with Gasteiger partial charge >= 0.3 is 29.6 Å². The molecule has 0 aliphatic heterocycles. The van der Waals surface area contributed by atoms with Crippen molar-refractivity contribution in [3.05, 3.63) is 30.1 Å². The molecular weight excluding hydrogens is 260 g/mol. The molecule has 1 N–H and O–H groups in total. The average molecular weight is 269 g/mol. The predicted molar refractivity (Wildman–Crippen MR) is 51.2 cm³/mol. The maximum absolute atomic E-state index is 12.5. The smallest absolute Gasteiger partial charge is 0.550 e. The molecule has 0 atom stereocenters. The van der Waals surface area contributed by atoms with Gasteiger partial charge in [0, 0.05) is 18.9 Å². The van der Waals surface area contributed by atoms with E-state index in [-0.39, 0.29) is 41.0 Å². The molecule has 1 aromatic rings. The van der Waals surface area contributed by atoms with E-state index in [9.17, 15) is 22.7 Å². The maximum atomic E-state index is 12.5. The van der Waals surface area contributed by atoms with Crippen molar-refractivity contribution in [2.45, 2.75) is 11.3 Å². The van der Waals surface area contributed by atoms with Gasteiger partial charge in [-0.1, -0.05) is 0 Å². The topological polar surface area (TPSA) is 86.3 Å². The molecule has 1 aromatic carbocycles. The summed E-state index contributed by atoms with van der Waals surface area (Å²) < 4.78 is 37.5. The minimum Gasteiger partial charge on any atom is -0.550 e. The number of benzene rings is 1. The Morgan fingerprint density at radius 3 is 2.29 bits per heavy atom. The van der Waals surface area contributed by atoms with Crippen molar-refractivity contribution in [1.29, 1.82) is 0 Å². The Morgan fingerprint density at radius 2 is 1.82 bits per heavy atom. The van der Waals surface area contributed by atoms with Crippen LogP contribution in [0.4, 0.5) is 4.39 Å². The number of nitrogens with one attached hydrogen (secondary N) is 1. The van der Waals surface area contributed by atoms with E-state index >= 15 is 0 Å². The number of carbonyl (C=O) groups excluding carboxylic acids is 1. The molecule has 0 aromatic heterocycles. The first-order valence-electron chi connectivity index (χ1n) is 4.37. The Hall–Kier alpha value is -0.470. The van der Waals surface area contributed by atoms with Crippen LogP contribution in [0.1, 0.15) is 6.42 Å². The molecule has 5 nitrogen and oxygen atoms in total. The summed E-state index contributed by atoms with van der Waals surface area (Å²) >= 11 is 0. The van der Waals surface area contributed by atoms with E-state index in [0.717, 1.165) is 24.3 Å². The summed E-state index contributed by atoms with van der Waals surface area (Å²) in [6, 6.07) is 4.20. The van der Waals surface area contributed by atoms with Gasteiger partial charge in [0.1, 0.15) is 5.82 Å². The minimum absolute atomic E-state index is 0. The van der Waals surface area contributed by atoms with Crippen molar-refractivity contribution in [2.24, 2.45) is 0 Å². The van der Waals surface area contributed by atoms with E-state index in [1.807, 2.05) is 0 Å². The van der Waals surface area contributed by atoms with Crippen LogP contribution >= 0.6 is 0 Å². The van der Waals surface area contributed by atoms with Gasteiger partial charge in [-0.2, -0.15) is 0 Å². The third-order valence-electron chi connectivity index (χ3n) is 1.75. The Labute approximate surface area is 120 Å². The zero-order chi connectivity index (χ0) is 12.2. The first-order chi connectivity index (χ1) is 7.42. The van der Waals surface area contributed by atoms with E-state index in [1.54, 1.807) is 0 Å². The largest absolute Gasteiger partial charge is 1.00 e. The molecular formula is C9H9FNNaO4S. The molecule has 0 radical (unpaired) electrons. The summed E-state index contributed by atoms with van der Waals surface area (Å²) in [4.78, 5) is 9.95. The number of carboxylic acid groups (broad SMARTS) is 1. The van der Waals surface area contributed by atoms with E-state index in [2.05, 4.69) is 4.72 Å². The molecule has 0 aliphatic rings. The third-order valence-corrected chi connectivity index (χ3v) is 3.22. The van der Waals surface area contributed by atoms with Crippen molar-refractivity contribution in [3.63, 3.8) is 0 Å². The van der Waals surface area contributed by atoms with Crippen LogP contribution in [0.25, 0.3) is 0 Å². The molecule has 0 spiro atoms. The number of aliphatic carboxylic acids is 1. The summed E-state index contributed by atoms with van der Waals surface area (Å²) in [6.45, 7) is -0.262. The number of hydrogen-bond donors (Lipinski definition) is 1. The molecule has 0 heterocycles. The second-order valence-corrected chi connectivity index (χ2v) is 4.74. The predicted octanol–water partition coefficient (Wildman–Crippen LogP) is -3.75. The van der Waals surface area contributed by atoms with Gasteiger partial charge < -0.3 is 9.90 Å². The summed E-state index contributed by atoms with van der Waals surface area (Å²) in [7, 11) is -3.78. The quantitative estimate of drug-likeness (QED) is 0.556. The molecule has 0 fully saturated rings. The van der Waals surface area contributed by atoms with Crippen LogP contribution in [0.5, 0.6) is 0 Å². The number of carboxylic acids is 1. The fraction of sp³-hybridized carbons (Fsp3) is 0.222. The first kappa shape index (κ1) is 16.5. The summed E-state index contributed by atoms with van der Waals surface area (Å²) in [5, 5.41) is 10.1. The van der Waals surface area contributed by atoms with Crippen molar-refractivity contribution >= 4 is 16.0 Å². The number of carbonyl (C=O) groups is 1. The van der Waals surface area contributed by atoms with Gasteiger partial charge in [-0.3, -0.25) is 0 Å². The van der Waals surface area contributed by atoms with Crippen LogP contribution < -0.4 is 39.4 Å².